The molecular weight excluding hydrogens is 252 g/mol. The number of hydrogen-bond acceptors (Lipinski definition) is 4. The van der Waals surface area contributed by atoms with Crippen molar-refractivity contribution in [1.82, 2.24) is 4.98 Å². The van der Waals surface area contributed by atoms with Gasteiger partial charge in [0.2, 0.25) is 5.91 Å². The van der Waals surface area contributed by atoms with Gasteiger partial charge in [-0.25, -0.2) is 4.98 Å². The highest BCUT2D eigenvalue weighted by Crippen LogP contribution is 2.52. The van der Waals surface area contributed by atoms with Gasteiger partial charge in [-0.05, 0) is 31.1 Å². The minimum Gasteiger partial charge on any atom is -0.481 e. The van der Waals surface area contributed by atoms with Gasteiger partial charge in [-0.2, -0.15) is 0 Å². The first-order valence-electron chi connectivity index (χ1n) is 6.10. The van der Waals surface area contributed by atoms with Crippen LogP contribution in [-0.4, -0.2) is 22.0 Å². The first-order valence-corrected chi connectivity index (χ1v) is 6.98. The van der Waals surface area contributed by atoms with Crippen molar-refractivity contribution in [2.24, 2.45) is 23.7 Å². The molecule has 2 aliphatic rings. The summed E-state index contributed by atoms with van der Waals surface area (Å²) >= 11 is 1.35. The molecule has 1 aromatic heterocycles. The zero-order chi connectivity index (χ0) is 12.7. The number of carboxylic acid groups (broad SMARTS) is 1. The Balaban J connectivity index is 1.78. The van der Waals surface area contributed by atoms with Gasteiger partial charge in [-0.15, -0.1) is 11.3 Å². The van der Waals surface area contributed by atoms with Crippen molar-refractivity contribution in [3.63, 3.8) is 0 Å². The number of carbonyl (C=O) groups excluding carboxylic acids is 1. The Labute approximate surface area is 108 Å². The summed E-state index contributed by atoms with van der Waals surface area (Å²) in [6, 6.07) is 0. The highest BCUT2D eigenvalue weighted by Gasteiger charge is 2.54. The van der Waals surface area contributed by atoms with Gasteiger partial charge >= 0.3 is 5.97 Å². The molecular formula is C12H14N2O3S. The number of aliphatic carboxylic acids is 1. The summed E-state index contributed by atoms with van der Waals surface area (Å²) in [4.78, 5) is 27.5. The van der Waals surface area contributed by atoms with Crippen LogP contribution in [0.25, 0.3) is 0 Å². The number of amides is 1. The average molecular weight is 266 g/mol. The number of nitrogens with one attached hydrogen (secondary N) is 1. The summed E-state index contributed by atoms with van der Waals surface area (Å²) in [5, 5.41) is 14.4. The first-order chi connectivity index (χ1) is 8.66. The SMILES string of the molecule is O=C(O)[C@@H]1[C@@H]2CC[C@@H](C2)[C@H]1C(=O)Nc1nccs1. The van der Waals surface area contributed by atoms with Gasteiger partial charge < -0.3 is 10.4 Å². The van der Waals surface area contributed by atoms with Crippen LogP contribution in [0.4, 0.5) is 5.13 Å². The maximum absolute atomic E-state index is 12.2. The molecule has 0 spiro atoms. The van der Waals surface area contributed by atoms with E-state index in [2.05, 4.69) is 10.3 Å². The van der Waals surface area contributed by atoms with E-state index in [1.807, 2.05) is 0 Å². The van der Waals surface area contributed by atoms with E-state index in [4.69, 9.17) is 0 Å². The van der Waals surface area contributed by atoms with Crippen LogP contribution in [0.2, 0.25) is 0 Å². The van der Waals surface area contributed by atoms with Gasteiger partial charge in [0.25, 0.3) is 0 Å². The van der Waals surface area contributed by atoms with Crippen LogP contribution in [0, 0.1) is 23.7 Å². The Hall–Kier alpha value is -1.43. The fourth-order valence-electron chi connectivity index (χ4n) is 3.50. The van der Waals surface area contributed by atoms with Crippen LogP contribution in [-0.2, 0) is 9.59 Å². The maximum Gasteiger partial charge on any atom is 0.307 e. The molecule has 2 N–H and O–H groups in total. The van der Waals surface area contributed by atoms with Crippen molar-refractivity contribution in [3.8, 4) is 0 Å². The van der Waals surface area contributed by atoms with Gasteiger partial charge in [-0.1, -0.05) is 0 Å². The molecule has 1 aromatic rings. The van der Waals surface area contributed by atoms with E-state index in [0.29, 0.717) is 5.13 Å². The molecule has 4 atom stereocenters. The molecule has 2 aliphatic carbocycles. The topological polar surface area (TPSA) is 79.3 Å². The smallest absolute Gasteiger partial charge is 0.307 e. The Morgan fingerprint density at radius 3 is 2.67 bits per heavy atom. The largest absolute Gasteiger partial charge is 0.481 e. The second-order valence-electron chi connectivity index (χ2n) is 5.05. The summed E-state index contributed by atoms with van der Waals surface area (Å²) in [5.74, 6) is -1.49. The van der Waals surface area contributed by atoms with Crippen molar-refractivity contribution in [3.05, 3.63) is 11.6 Å². The molecule has 1 amide bonds. The summed E-state index contributed by atoms with van der Waals surface area (Å²) in [5.41, 5.74) is 0. The predicted molar refractivity (Wildman–Crippen MR) is 66.2 cm³/mol. The lowest BCUT2D eigenvalue weighted by Crippen LogP contribution is -2.37. The van der Waals surface area contributed by atoms with Crippen molar-refractivity contribution in [2.45, 2.75) is 19.3 Å². The average Bonchev–Trinajstić information content (AvgIpc) is 3.03. The van der Waals surface area contributed by atoms with E-state index in [1.165, 1.54) is 11.3 Å². The number of carboxylic acids is 1. The molecule has 0 unspecified atom stereocenters. The van der Waals surface area contributed by atoms with Gasteiger partial charge in [-0.3, -0.25) is 9.59 Å². The Morgan fingerprint density at radius 1 is 1.33 bits per heavy atom. The molecule has 2 saturated carbocycles. The maximum atomic E-state index is 12.2. The summed E-state index contributed by atoms with van der Waals surface area (Å²) in [6.07, 6.45) is 4.43. The van der Waals surface area contributed by atoms with E-state index < -0.39 is 11.9 Å². The van der Waals surface area contributed by atoms with Crippen LogP contribution < -0.4 is 5.32 Å². The van der Waals surface area contributed by atoms with Crippen LogP contribution in [0.15, 0.2) is 11.6 Å². The Bertz CT molecular complexity index is 474. The molecule has 3 rings (SSSR count). The molecule has 2 bridgehead atoms. The van der Waals surface area contributed by atoms with Crippen molar-refractivity contribution in [1.29, 1.82) is 0 Å². The molecule has 96 valence electrons. The van der Waals surface area contributed by atoms with Gasteiger partial charge in [0.15, 0.2) is 5.13 Å². The monoisotopic (exact) mass is 266 g/mol. The first kappa shape index (κ1) is 11.6. The molecule has 18 heavy (non-hydrogen) atoms. The third kappa shape index (κ3) is 1.80. The minimum absolute atomic E-state index is 0.176. The highest BCUT2D eigenvalue weighted by atomic mass is 32.1. The molecule has 2 fully saturated rings. The number of fused-ring (bicyclic) bond motifs is 2. The standard InChI is InChI=1S/C12H14N2O3S/c15-10(14-12-13-3-4-18-12)8-6-1-2-7(5-6)9(8)11(16)17/h3-4,6-9H,1-2,5H2,(H,16,17)(H,13,14,15)/t6-,7+,8+,9+/m0/s1. The zero-order valence-electron chi connectivity index (χ0n) is 9.70. The van der Waals surface area contributed by atoms with Crippen LogP contribution >= 0.6 is 11.3 Å². The van der Waals surface area contributed by atoms with E-state index in [-0.39, 0.29) is 23.7 Å². The molecule has 0 radical (unpaired) electrons. The molecule has 0 aliphatic heterocycles. The van der Waals surface area contributed by atoms with E-state index >= 15 is 0 Å². The number of rotatable bonds is 3. The number of carbonyl (C=O) groups is 2. The number of hydrogen-bond donors (Lipinski definition) is 2. The number of thiazole rings is 1. The van der Waals surface area contributed by atoms with E-state index in [9.17, 15) is 14.7 Å². The molecule has 1 heterocycles. The summed E-state index contributed by atoms with van der Waals surface area (Å²) in [7, 11) is 0. The summed E-state index contributed by atoms with van der Waals surface area (Å²) in [6.45, 7) is 0. The fourth-order valence-corrected chi connectivity index (χ4v) is 4.03. The van der Waals surface area contributed by atoms with E-state index in [0.717, 1.165) is 19.3 Å². The normalized spacial score (nSPS) is 33.6. The quantitative estimate of drug-likeness (QED) is 0.874. The van der Waals surface area contributed by atoms with Crippen molar-refractivity contribution < 1.29 is 14.7 Å². The van der Waals surface area contributed by atoms with Gasteiger partial charge in [0.05, 0.1) is 11.8 Å². The van der Waals surface area contributed by atoms with Crippen molar-refractivity contribution >= 4 is 28.3 Å². The lowest BCUT2D eigenvalue weighted by atomic mass is 9.79. The highest BCUT2D eigenvalue weighted by molar-refractivity contribution is 7.13. The van der Waals surface area contributed by atoms with Gasteiger partial charge in [0, 0.05) is 11.6 Å². The number of aromatic nitrogens is 1. The van der Waals surface area contributed by atoms with Crippen LogP contribution in [0.5, 0.6) is 0 Å². The molecule has 6 heteroatoms. The third-order valence-electron chi connectivity index (χ3n) is 4.17. The van der Waals surface area contributed by atoms with E-state index in [1.54, 1.807) is 11.6 Å². The van der Waals surface area contributed by atoms with Gasteiger partial charge in [0.1, 0.15) is 0 Å². The second-order valence-corrected chi connectivity index (χ2v) is 5.94. The Kier molecular flexibility index (Phi) is 2.81. The second kappa shape index (κ2) is 4.35. The minimum atomic E-state index is -0.832. The lowest BCUT2D eigenvalue weighted by molar-refractivity contribution is -0.148. The number of anilines is 1. The predicted octanol–water partition coefficient (Wildman–Crippen LogP) is 1.83. The lowest BCUT2D eigenvalue weighted by Gasteiger charge is -2.26. The fraction of sp³-hybridized carbons (Fsp3) is 0.583. The van der Waals surface area contributed by atoms with Crippen LogP contribution in [0.3, 0.4) is 0 Å². The van der Waals surface area contributed by atoms with Crippen LogP contribution in [0.1, 0.15) is 19.3 Å². The molecule has 0 aromatic carbocycles. The third-order valence-corrected chi connectivity index (χ3v) is 4.86. The zero-order valence-corrected chi connectivity index (χ0v) is 10.5. The summed E-state index contributed by atoms with van der Waals surface area (Å²) < 4.78 is 0. The van der Waals surface area contributed by atoms with Crippen molar-refractivity contribution in [2.75, 3.05) is 5.32 Å². The number of nitrogens with zero attached hydrogens (tertiary/aromatic N) is 1. The molecule has 5 nitrogen and oxygen atoms in total. The Morgan fingerprint density at radius 2 is 2.06 bits per heavy atom. The molecule has 0 saturated heterocycles.